The van der Waals surface area contributed by atoms with Crippen LogP contribution in [-0.4, -0.2) is 44.5 Å². The fourth-order valence-corrected chi connectivity index (χ4v) is 3.56. The number of sulfone groups is 1. The lowest BCUT2D eigenvalue weighted by atomic mass is 10.1. The molecule has 1 aliphatic rings. The Morgan fingerprint density at radius 2 is 2.15 bits per heavy atom. The highest BCUT2D eigenvalue weighted by Crippen LogP contribution is 2.12. The molecule has 78 valence electrons. The zero-order valence-electron chi connectivity index (χ0n) is 7.95. The van der Waals surface area contributed by atoms with Crippen LogP contribution >= 0.6 is 11.8 Å². The molecular formula is C8H17NO2S2. The second-order valence-electron chi connectivity index (χ2n) is 3.34. The van der Waals surface area contributed by atoms with Gasteiger partial charge in [0.05, 0.1) is 5.75 Å². The lowest BCUT2D eigenvalue weighted by Crippen LogP contribution is -2.43. The van der Waals surface area contributed by atoms with E-state index in [2.05, 4.69) is 5.32 Å². The molecule has 0 radical (unpaired) electrons. The summed E-state index contributed by atoms with van der Waals surface area (Å²) in [5, 5.41) is 3.20. The van der Waals surface area contributed by atoms with Gasteiger partial charge in [-0.25, -0.2) is 8.42 Å². The van der Waals surface area contributed by atoms with E-state index in [4.69, 9.17) is 0 Å². The van der Waals surface area contributed by atoms with Gasteiger partial charge in [0, 0.05) is 11.5 Å². The van der Waals surface area contributed by atoms with E-state index in [0.717, 1.165) is 30.5 Å². The van der Waals surface area contributed by atoms with Gasteiger partial charge in [-0.3, -0.25) is 0 Å². The van der Waals surface area contributed by atoms with Crippen molar-refractivity contribution in [1.29, 1.82) is 0 Å². The molecule has 0 amide bonds. The molecule has 0 aromatic heterocycles. The van der Waals surface area contributed by atoms with Crippen molar-refractivity contribution in [1.82, 2.24) is 5.32 Å². The average Bonchev–Trinajstić information content (AvgIpc) is 2.01. The first kappa shape index (κ1) is 11.3. The summed E-state index contributed by atoms with van der Waals surface area (Å²) in [6, 6.07) is 0. The number of hydrogen-bond acceptors (Lipinski definition) is 4. The SMILES string of the molecule is CCS(=O)(=O)CCSCC1CNC1. The summed E-state index contributed by atoms with van der Waals surface area (Å²) < 4.78 is 22.2. The maximum absolute atomic E-state index is 11.1. The van der Waals surface area contributed by atoms with Crippen molar-refractivity contribution in [2.24, 2.45) is 5.92 Å². The Kier molecular flexibility index (Phi) is 4.55. The normalized spacial score (nSPS) is 18.5. The van der Waals surface area contributed by atoms with E-state index in [1.807, 2.05) is 0 Å². The van der Waals surface area contributed by atoms with Crippen LogP contribution in [0.15, 0.2) is 0 Å². The van der Waals surface area contributed by atoms with Gasteiger partial charge >= 0.3 is 0 Å². The van der Waals surface area contributed by atoms with Crippen LogP contribution in [0, 0.1) is 5.92 Å². The second-order valence-corrected chi connectivity index (χ2v) is 6.96. The minimum atomic E-state index is -2.74. The van der Waals surface area contributed by atoms with Gasteiger partial charge in [-0.1, -0.05) is 6.92 Å². The largest absolute Gasteiger partial charge is 0.316 e. The topological polar surface area (TPSA) is 46.2 Å². The zero-order chi connectivity index (χ0) is 9.73. The average molecular weight is 223 g/mol. The maximum Gasteiger partial charge on any atom is 0.150 e. The molecule has 1 saturated heterocycles. The highest BCUT2D eigenvalue weighted by molar-refractivity contribution is 8.00. The fraction of sp³-hybridized carbons (Fsp3) is 1.00. The van der Waals surface area contributed by atoms with Gasteiger partial charge in [0.25, 0.3) is 0 Å². The Morgan fingerprint density at radius 3 is 2.62 bits per heavy atom. The van der Waals surface area contributed by atoms with E-state index in [9.17, 15) is 8.42 Å². The predicted octanol–water partition coefficient (Wildman–Crippen LogP) is 0.374. The summed E-state index contributed by atoms with van der Waals surface area (Å²) in [7, 11) is -2.74. The summed E-state index contributed by atoms with van der Waals surface area (Å²) in [6.07, 6.45) is 0. The first-order valence-corrected chi connectivity index (χ1v) is 7.60. The van der Waals surface area contributed by atoms with Crippen LogP contribution in [0.3, 0.4) is 0 Å². The number of thioether (sulfide) groups is 1. The number of rotatable bonds is 6. The maximum atomic E-state index is 11.1. The Hall–Kier alpha value is 0.260. The fourth-order valence-electron chi connectivity index (χ4n) is 1.05. The standard InChI is InChI=1S/C8H17NO2S2/c1-2-13(10,11)4-3-12-7-8-5-9-6-8/h8-9H,2-7H2,1H3. The van der Waals surface area contributed by atoms with Crippen LogP contribution in [0.5, 0.6) is 0 Å². The third-order valence-corrected chi connectivity index (χ3v) is 5.36. The van der Waals surface area contributed by atoms with Gasteiger partial charge in [0.15, 0.2) is 9.84 Å². The molecule has 0 bridgehead atoms. The molecule has 3 nitrogen and oxygen atoms in total. The summed E-state index contributed by atoms with van der Waals surface area (Å²) in [5.74, 6) is 3.25. The van der Waals surface area contributed by atoms with Crippen molar-refractivity contribution < 1.29 is 8.42 Å². The van der Waals surface area contributed by atoms with Crippen molar-refractivity contribution in [3.63, 3.8) is 0 Å². The minimum Gasteiger partial charge on any atom is -0.316 e. The molecule has 1 heterocycles. The number of nitrogens with one attached hydrogen (secondary N) is 1. The van der Waals surface area contributed by atoms with Gasteiger partial charge in [-0.15, -0.1) is 0 Å². The van der Waals surface area contributed by atoms with Crippen molar-refractivity contribution in [3.05, 3.63) is 0 Å². The van der Waals surface area contributed by atoms with E-state index in [1.165, 1.54) is 0 Å². The Balaban J connectivity index is 2.00. The first-order valence-electron chi connectivity index (χ1n) is 4.63. The molecular weight excluding hydrogens is 206 g/mol. The van der Waals surface area contributed by atoms with Crippen LogP contribution < -0.4 is 5.32 Å². The third-order valence-electron chi connectivity index (χ3n) is 2.20. The zero-order valence-corrected chi connectivity index (χ0v) is 9.59. The Morgan fingerprint density at radius 1 is 1.46 bits per heavy atom. The van der Waals surface area contributed by atoms with Crippen LogP contribution in [-0.2, 0) is 9.84 Å². The summed E-state index contributed by atoms with van der Waals surface area (Å²) in [6.45, 7) is 3.91. The summed E-state index contributed by atoms with van der Waals surface area (Å²) in [5.41, 5.74) is 0. The minimum absolute atomic E-state index is 0.276. The van der Waals surface area contributed by atoms with Crippen molar-refractivity contribution >= 4 is 21.6 Å². The molecule has 0 aromatic rings. The van der Waals surface area contributed by atoms with Crippen LogP contribution in [0.25, 0.3) is 0 Å². The molecule has 1 rings (SSSR count). The second kappa shape index (κ2) is 5.22. The smallest absolute Gasteiger partial charge is 0.150 e. The lowest BCUT2D eigenvalue weighted by Gasteiger charge is -2.26. The molecule has 13 heavy (non-hydrogen) atoms. The molecule has 1 aliphatic heterocycles. The summed E-state index contributed by atoms with van der Waals surface area (Å²) >= 11 is 1.76. The van der Waals surface area contributed by atoms with Crippen LogP contribution in [0.4, 0.5) is 0 Å². The molecule has 0 unspecified atom stereocenters. The molecule has 1 N–H and O–H groups in total. The van der Waals surface area contributed by atoms with Gasteiger partial charge in [-0.05, 0) is 24.8 Å². The quantitative estimate of drug-likeness (QED) is 0.661. The van der Waals surface area contributed by atoms with Crippen molar-refractivity contribution in [2.45, 2.75) is 6.92 Å². The molecule has 5 heteroatoms. The van der Waals surface area contributed by atoms with Gasteiger partial charge in [-0.2, -0.15) is 11.8 Å². The van der Waals surface area contributed by atoms with E-state index in [0.29, 0.717) is 5.75 Å². The Labute approximate surface area is 84.6 Å². The molecule has 0 saturated carbocycles. The van der Waals surface area contributed by atoms with E-state index in [1.54, 1.807) is 18.7 Å². The van der Waals surface area contributed by atoms with E-state index < -0.39 is 9.84 Å². The monoisotopic (exact) mass is 223 g/mol. The lowest BCUT2D eigenvalue weighted by molar-refractivity contribution is 0.385. The Bertz CT molecular complexity index is 235. The highest BCUT2D eigenvalue weighted by atomic mass is 32.2. The van der Waals surface area contributed by atoms with E-state index in [-0.39, 0.29) is 5.75 Å². The van der Waals surface area contributed by atoms with Gasteiger partial charge < -0.3 is 5.32 Å². The highest BCUT2D eigenvalue weighted by Gasteiger charge is 2.16. The van der Waals surface area contributed by atoms with E-state index >= 15 is 0 Å². The van der Waals surface area contributed by atoms with Gasteiger partial charge in [0.2, 0.25) is 0 Å². The van der Waals surface area contributed by atoms with Crippen molar-refractivity contribution in [3.8, 4) is 0 Å². The first-order chi connectivity index (χ1) is 6.14. The van der Waals surface area contributed by atoms with Crippen LogP contribution in [0.1, 0.15) is 6.92 Å². The van der Waals surface area contributed by atoms with Crippen LogP contribution in [0.2, 0.25) is 0 Å². The molecule has 0 aromatic carbocycles. The molecule has 1 fully saturated rings. The predicted molar refractivity (Wildman–Crippen MR) is 58.0 cm³/mol. The molecule has 0 aliphatic carbocycles. The van der Waals surface area contributed by atoms with Crippen molar-refractivity contribution in [2.75, 3.05) is 36.1 Å². The molecule has 0 spiro atoms. The summed E-state index contributed by atoms with van der Waals surface area (Å²) in [4.78, 5) is 0. The number of hydrogen-bond donors (Lipinski definition) is 1. The molecule has 0 atom stereocenters. The van der Waals surface area contributed by atoms with Gasteiger partial charge in [0.1, 0.15) is 0 Å². The third kappa shape index (κ3) is 4.33.